The van der Waals surface area contributed by atoms with E-state index in [1.54, 1.807) is 61.7 Å². The van der Waals surface area contributed by atoms with Gasteiger partial charge in [0.2, 0.25) is 0 Å². The van der Waals surface area contributed by atoms with Gasteiger partial charge < -0.3 is 15.4 Å². The Morgan fingerprint density at radius 3 is 2.28 bits per heavy atom. The van der Waals surface area contributed by atoms with Crippen LogP contribution in [0.15, 0.2) is 85.1 Å². The molecule has 0 aliphatic rings. The molecule has 0 spiro atoms. The van der Waals surface area contributed by atoms with E-state index in [1.165, 1.54) is 19.2 Å². The van der Waals surface area contributed by atoms with Crippen molar-refractivity contribution in [1.29, 1.82) is 0 Å². The molecule has 0 saturated carbocycles. The molecule has 0 aliphatic carbocycles. The van der Waals surface area contributed by atoms with E-state index in [9.17, 15) is 31.5 Å². The molecular formula is C32H27F5N6O3. The number of urea groups is 1. The van der Waals surface area contributed by atoms with E-state index in [0.29, 0.717) is 29.4 Å². The number of hydrogen-bond donors (Lipinski definition) is 3. The van der Waals surface area contributed by atoms with Crippen molar-refractivity contribution in [3.8, 4) is 5.69 Å². The highest BCUT2D eigenvalue weighted by Gasteiger charge is 2.60. The van der Waals surface area contributed by atoms with Crippen molar-refractivity contribution in [2.75, 3.05) is 29.7 Å². The van der Waals surface area contributed by atoms with Gasteiger partial charge in [-0.05, 0) is 60.2 Å². The number of nitrogens with zero attached hydrogens (tertiary/aromatic N) is 3. The third kappa shape index (κ3) is 6.96. The molecule has 0 saturated heterocycles. The summed E-state index contributed by atoms with van der Waals surface area (Å²) in [4.78, 5) is 29.2. The van der Waals surface area contributed by atoms with E-state index in [4.69, 9.17) is 4.74 Å². The normalized spacial score (nSPS) is 11.8. The Bertz CT molecular complexity index is 1890. The Balaban J connectivity index is 1.41. The van der Waals surface area contributed by atoms with Gasteiger partial charge in [-0.3, -0.25) is 10.1 Å². The Morgan fingerprint density at radius 2 is 1.59 bits per heavy atom. The minimum atomic E-state index is -5.89. The first-order valence-electron chi connectivity index (χ1n) is 13.8. The topological polar surface area (TPSA) is 110 Å². The third-order valence-electron chi connectivity index (χ3n) is 6.93. The summed E-state index contributed by atoms with van der Waals surface area (Å²) in [6.45, 7) is 1.66. The summed E-state index contributed by atoms with van der Waals surface area (Å²) >= 11 is 0. The average Bonchev–Trinajstić information content (AvgIpc) is 3.43. The van der Waals surface area contributed by atoms with Crippen molar-refractivity contribution < 1.29 is 36.3 Å². The van der Waals surface area contributed by atoms with Gasteiger partial charge in [-0.1, -0.05) is 48.0 Å². The number of nitrogens with one attached hydrogen (secondary N) is 3. The molecular weight excluding hydrogens is 611 g/mol. The second kappa shape index (κ2) is 12.9. The van der Waals surface area contributed by atoms with Gasteiger partial charge in [-0.15, -0.1) is 0 Å². The molecule has 0 aliphatic heterocycles. The molecule has 2 aromatic heterocycles. The molecule has 0 radical (unpaired) electrons. The van der Waals surface area contributed by atoms with Crippen molar-refractivity contribution in [2.45, 2.75) is 25.4 Å². The molecule has 2 heterocycles. The number of pyridine rings is 1. The Kier molecular flexibility index (Phi) is 9.00. The Hall–Kier alpha value is -5.37. The van der Waals surface area contributed by atoms with Crippen LogP contribution in [-0.4, -0.2) is 46.6 Å². The van der Waals surface area contributed by atoms with Crippen LogP contribution in [0.4, 0.5) is 44.1 Å². The first kappa shape index (κ1) is 32.0. The van der Waals surface area contributed by atoms with Gasteiger partial charge in [0.15, 0.2) is 0 Å². The highest BCUT2D eigenvalue weighted by molar-refractivity contribution is 6.06. The van der Waals surface area contributed by atoms with E-state index < -0.39 is 29.6 Å². The lowest BCUT2D eigenvalue weighted by atomic mass is 9.97. The highest BCUT2D eigenvalue weighted by atomic mass is 19.4. The number of amides is 3. The molecule has 3 aromatic carbocycles. The lowest BCUT2D eigenvalue weighted by Crippen LogP contribution is -2.34. The molecule has 3 amide bonds. The summed E-state index contributed by atoms with van der Waals surface area (Å²) in [5.41, 5.74) is 1.51. The van der Waals surface area contributed by atoms with Gasteiger partial charge in [0.1, 0.15) is 23.9 Å². The van der Waals surface area contributed by atoms with Crippen LogP contribution < -0.4 is 16.0 Å². The molecule has 0 bridgehead atoms. The quantitative estimate of drug-likeness (QED) is 0.148. The molecule has 9 nitrogen and oxygen atoms in total. The first-order chi connectivity index (χ1) is 21.9. The fourth-order valence-corrected chi connectivity index (χ4v) is 4.73. The zero-order valence-electron chi connectivity index (χ0n) is 24.5. The van der Waals surface area contributed by atoms with E-state index in [-0.39, 0.29) is 18.2 Å². The van der Waals surface area contributed by atoms with Gasteiger partial charge in [-0.25, -0.2) is 14.5 Å². The van der Waals surface area contributed by atoms with Gasteiger partial charge in [0, 0.05) is 24.8 Å². The Labute approximate surface area is 259 Å². The minimum absolute atomic E-state index is 0.117. The van der Waals surface area contributed by atoms with Gasteiger partial charge >= 0.3 is 18.1 Å². The maximum Gasteiger partial charge on any atom is 0.459 e. The summed E-state index contributed by atoms with van der Waals surface area (Å²) in [5.74, 6) is -5.64. The molecule has 5 aromatic rings. The van der Waals surface area contributed by atoms with Gasteiger partial charge in [0.05, 0.1) is 11.4 Å². The highest BCUT2D eigenvalue weighted by Crippen LogP contribution is 2.44. The number of carbonyl (C=O) groups is 2. The molecule has 0 unspecified atom stereocenters. The van der Waals surface area contributed by atoms with Gasteiger partial charge in [0.25, 0.3) is 5.91 Å². The third-order valence-corrected chi connectivity index (χ3v) is 6.93. The van der Waals surface area contributed by atoms with E-state index in [1.807, 2.05) is 12.1 Å². The number of halogens is 5. The molecule has 238 valence electrons. The predicted octanol–water partition coefficient (Wildman–Crippen LogP) is 7.20. The van der Waals surface area contributed by atoms with E-state index in [0.717, 1.165) is 26.8 Å². The molecule has 3 N–H and O–H groups in total. The molecule has 0 fully saturated rings. The fraction of sp³-hybridized carbons (Fsp3) is 0.188. The summed E-state index contributed by atoms with van der Waals surface area (Å²) in [7, 11) is 1.41. The van der Waals surface area contributed by atoms with Crippen LogP contribution in [0.3, 0.4) is 0 Å². The largest absolute Gasteiger partial charge is 0.459 e. The summed E-state index contributed by atoms with van der Waals surface area (Å²) in [6, 6.07) is 20.0. The van der Waals surface area contributed by atoms with Crippen molar-refractivity contribution in [1.82, 2.24) is 14.8 Å². The van der Waals surface area contributed by atoms with Crippen LogP contribution in [0.25, 0.3) is 16.5 Å². The van der Waals surface area contributed by atoms with Crippen LogP contribution in [0, 0.1) is 6.92 Å². The SMILES string of the molecule is COCC(=O)Nc1cc(Cc2ccc(NC(=O)Nc3cc(C(F)(F)C(F)(F)F)nn3-c3ccc(C)cc3)c3ccccc23)ccn1. The lowest BCUT2D eigenvalue weighted by molar-refractivity contribution is -0.291. The zero-order chi connectivity index (χ0) is 33.1. The van der Waals surface area contributed by atoms with Crippen molar-refractivity contribution in [3.63, 3.8) is 0 Å². The number of carbonyl (C=O) groups excluding carboxylic acids is 2. The number of ether oxygens (including phenoxy) is 1. The number of aromatic nitrogens is 3. The van der Waals surface area contributed by atoms with E-state index in [2.05, 4.69) is 26.0 Å². The predicted molar refractivity (Wildman–Crippen MR) is 162 cm³/mol. The number of aryl methyl sites for hydroxylation is 1. The first-order valence-corrected chi connectivity index (χ1v) is 13.8. The number of benzene rings is 3. The number of anilines is 3. The standard InChI is InChI=1S/C32H27F5N6O3/c1-19-7-10-22(11-8-19)43-28(17-26(42-43)31(33,34)32(35,36)37)41-30(45)39-25-12-9-21(23-5-3-4-6-24(23)25)15-20-13-14-38-27(16-20)40-29(44)18-46-2/h3-14,16-17H,15,18H2,1-2H3,(H,38,40,44)(H2,39,41,45). The summed E-state index contributed by atoms with van der Waals surface area (Å²) in [6.07, 6.45) is -3.87. The van der Waals surface area contributed by atoms with E-state index >= 15 is 0 Å². The number of methoxy groups -OCH3 is 1. The number of fused-ring (bicyclic) bond motifs is 1. The molecule has 14 heteroatoms. The monoisotopic (exact) mass is 638 g/mol. The minimum Gasteiger partial charge on any atom is -0.375 e. The maximum atomic E-state index is 14.2. The lowest BCUT2D eigenvalue weighted by Gasteiger charge is -2.16. The van der Waals surface area contributed by atoms with Crippen molar-refractivity contribution in [3.05, 3.63) is 107 Å². The number of alkyl halides is 5. The summed E-state index contributed by atoms with van der Waals surface area (Å²) in [5, 5.41) is 12.6. The fourth-order valence-electron chi connectivity index (χ4n) is 4.73. The molecule has 0 atom stereocenters. The Morgan fingerprint density at radius 1 is 0.870 bits per heavy atom. The maximum absolute atomic E-state index is 14.2. The summed E-state index contributed by atoms with van der Waals surface area (Å²) < 4.78 is 73.6. The van der Waals surface area contributed by atoms with Crippen molar-refractivity contribution in [2.24, 2.45) is 0 Å². The smallest absolute Gasteiger partial charge is 0.375 e. The van der Waals surface area contributed by atoms with Crippen LogP contribution in [0.1, 0.15) is 22.4 Å². The van der Waals surface area contributed by atoms with Gasteiger partial charge in [-0.2, -0.15) is 27.1 Å². The number of hydrogen-bond acceptors (Lipinski definition) is 5. The van der Waals surface area contributed by atoms with Crippen LogP contribution in [0.2, 0.25) is 0 Å². The zero-order valence-corrected chi connectivity index (χ0v) is 24.5. The van der Waals surface area contributed by atoms with Crippen LogP contribution in [-0.2, 0) is 21.9 Å². The molecule has 5 rings (SSSR count). The van der Waals surface area contributed by atoms with Crippen molar-refractivity contribution >= 4 is 40.0 Å². The van der Waals surface area contributed by atoms with Crippen LogP contribution >= 0.6 is 0 Å². The average molecular weight is 639 g/mol. The second-order valence-electron chi connectivity index (χ2n) is 10.3. The number of rotatable bonds is 9. The van der Waals surface area contributed by atoms with Crippen LogP contribution in [0.5, 0.6) is 0 Å². The second-order valence-corrected chi connectivity index (χ2v) is 10.3. The molecule has 46 heavy (non-hydrogen) atoms.